The van der Waals surface area contributed by atoms with Gasteiger partial charge >= 0.3 is 5.97 Å². The summed E-state index contributed by atoms with van der Waals surface area (Å²) >= 11 is 1.59. The topological polar surface area (TPSA) is 26.3 Å². The van der Waals surface area contributed by atoms with Gasteiger partial charge in [-0.3, -0.25) is 4.79 Å². The van der Waals surface area contributed by atoms with E-state index in [-0.39, 0.29) is 5.97 Å². The van der Waals surface area contributed by atoms with Gasteiger partial charge in [0.1, 0.15) is 0 Å². The van der Waals surface area contributed by atoms with Crippen molar-refractivity contribution in [2.24, 2.45) is 0 Å². The Kier molecular flexibility index (Phi) is 9.63. The minimum absolute atomic E-state index is 0.130. The average Bonchev–Trinajstić information content (AvgIpc) is 2.35. The number of thioether (sulfide) groups is 1. The largest absolute Gasteiger partial charge is 0.465 e. The lowest BCUT2D eigenvalue weighted by atomic mass is 10.2. The third kappa shape index (κ3) is 7.86. The SMILES string of the molecule is CC.CCOC(=O)CSCc1ccc(C)cc1. The van der Waals surface area contributed by atoms with E-state index in [4.69, 9.17) is 4.74 Å². The number of ether oxygens (including phenoxy) is 1. The summed E-state index contributed by atoms with van der Waals surface area (Å²) in [5.74, 6) is 1.16. The first kappa shape index (κ1) is 16.0. The molecule has 2 nitrogen and oxygen atoms in total. The van der Waals surface area contributed by atoms with Gasteiger partial charge in [-0.25, -0.2) is 0 Å². The van der Waals surface area contributed by atoms with E-state index in [9.17, 15) is 4.79 Å². The molecule has 0 amide bonds. The smallest absolute Gasteiger partial charge is 0.315 e. The lowest BCUT2D eigenvalue weighted by molar-refractivity contribution is -0.139. The van der Waals surface area contributed by atoms with Crippen molar-refractivity contribution in [1.29, 1.82) is 0 Å². The van der Waals surface area contributed by atoms with Crippen LogP contribution in [-0.4, -0.2) is 18.3 Å². The Balaban J connectivity index is 0.00000121. The van der Waals surface area contributed by atoms with Gasteiger partial charge in [0, 0.05) is 5.75 Å². The summed E-state index contributed by atoms with van der Waals surface area (Å²) in [5.41, 5.74) is 2.50. The molecule has 0 spiro atoms. The predicted octanol–water partition coefficient (Wildman–Crippen LogP) is 3.82. The lowest BCUT2D eigenvalue weighted by Gasteiger charge is -2.02. The van der Waals surface area contributed by atoms with Crippen LogP contribution in [0.2, 0.25) is 0 Å². The molecule has 0 radical (unpaired) electrons. The number of carbonyl (C=O) groups is 1. The second-order valence-corrected chi connectivity index (χ2v) is 4.27. The van der Waals surface area contributed by atoms with Crippen LogP contribution in [0.4, 0.5) is 0 Å². The van der Waals surface area contributed by atoms with Crippen LogP contribution >= 0.6 is 11.8 Å². The van der Waals surface area contributed by atoms with E-state index >= 15 is 0 Å². The summed E-state index contributed by atoms with van der Waals surface area (Å²) in [6, 6.07) is 8.35. The molecule has 0 aliphatic carbocycles. The van der Waals surface area contributed by atoms with Gasteiger partial charge in [-0.15, -0.1) is 11.8 Å². The molecule has 1 aromatic carbocycles. The molecule has 3 heteroatoms. The maximum Gasteiger partial charge on any atom is 0.315 e. The second kappa shape index (κ2) is 10.2. The Morgan fingerprint density at radius 1 is 1.24 bits per heavy atom. The van der Waals surface area contributed by atoms with E-state index in [1.807, 2.05) is 20.8 Å². The summed E-state index contributed by atoms with van der Waals surface area (Å²) in [4.78, 5) is 11.0. The first-order valence-corrected chi connectivity index (χ1v) is 7.16. The average molecular weight is 254 g/mol. The van der Waals surface area contributed by atoms with E-state index < -0.39 is 0 Å². The van der Waals surface area contributed by atoms with E-state index in [0.29, 0.717) is 12.4 Å². The number of esters is 1. The molecule has 17 heavy (non-hydrogen) atoms. The zero-order chi connectivity index (χ0) is 13.1. The molecule has 0 N–H and O–H groups in total. The normalized spacial score (nSPS) is 9.18. The van der Waals surface area contributed by atoms with Crippen LogP contribution in [0.1, 0.15) is 31.9 Å². The van der Waals surface area contributed by atoms with E-state index in [1.54, 1.807) is 11.8 Å². The molecule has 0 bridgehead atoms. The lowest BCUT2D eigenvalue weighted by Crippen LogP contribution is -2.06. The molecular weight excluding hydrogens is 232 g/mol. The first-order chi connectivity index (χ1) is 8.22. The Morgan fingerprint density at radius 3 is 2.35 bits per heavy atom. The first-order valence-electron chi connectivity index (χ1n) is 6.01. The molecular formula is C14H22O2S. The highest BCUT2D eigenvalue weighted by Crippen LogP contribution is 2.12. The Bertz CT molecular complexity index is 307. The molecule has 0 atom stereocenters. The highest BCUT2D eigenvalue weighted by Gasteiger charge is 2.01. The van der Waals surface area contributed by atoms with Gasteiger partial charge in [0.2, 0.25) is 0 Å². The van der Waals surface area contributed by atoms with Crippen molar-refractivity contribution in [2.75, 3.05) is 12.4 Å². The predicted molar refractivity (Wildman–Crippen MR) is 75.3 cm³/mol. The summed E-state index contributed by atoms with van der Waals surface area (Å²) in [5, 5.41) is 0. The maximum absolute atomic E-state index is 11.0. The number of rotatable bonds is 5. The monoisotopic (exact) mass is 254 g/mol. The molecule has 0 heterocycles. The molecule has 0 aromatic heterocycles. The van der Waals surface area contributed by atoms with Crippen LogP contribution in [0.15, 0.2) is 24.3 Å². The van der Waals surface area contributed by atoms with Crippen LogP contribution in [0, 0.1) is 6.92 Å². The van der Waals surface area contributed by atoms with Gasteiger partial charge in [-0.1, -0.05) is 43.7 Å². The van der Waals surface area contributed by atoms with E-state index in [0.717, 1.165) is 5.75 Å². The third-order valence-electron chi connectivity index (χ3n) is 1.91. The fraction of sp³-hybridized carbons (Fsp3) is 0.500. The van der Waals surface area contributed by atoms with Crippen LogP contribution in [-0.2, 0) is 15.3 Å². The van der Waals surface area contributed by atoms with Gasteiger partial charge in [-0.2, -0.15) is 0 Å². The fourth-order valence-electron chi connectivity index (χ4n) is 1.14. The highest BCUT2D eigenvalue weighted by molar-refractivity contribution is 7.99. The quantitative estimate of drug-likeness (QED) is 0.747. The molecule has 1 rings (SSSR count). The zero-order valence-electron chi connectivity index (χ0n) is 11.2. The number of hydrogen-bond acceptors (Lipinski definition) is 3. The number of benzene rings is 1. The standard InChI is InChI=1S/C12H16O2S.C2H6/c1-3-14-12(13)9-15-8-11-6-4-10(2)5-7-11;1-2/h4-7H,3,8-9H2,1-2H3;1-2H3. The summed E-state index contributed by atoms with van der Waals surface area (Å²) in [6.45, 7) is 8.35. The van der Waals surface area contributed by atoms with Gasteiger partial charge in [0.05, 0.1) is 12.4 Å². The third-order valence-corrected chi connectivity index (χ3v) is 2.89. The molecule has 1 aromatic rings. The zero-order valence-corrected chi connectivity index (χ0v) is 12.0. The van der Waals surface area contributed by atoms with Crippen LogP contribution < -0.4 is 0 Å². The number of hydrogen-bond donors (Lipinski definition) is 0. The second-order valence-electron chi connectivity index (χ2n) is 3.28. The van der Waals surface area contributed by atoms with E-state index in [2.05, 4.69) is 31.2 Å². The van der Waals surface area contributed by atoms with Crippen molar-refractivity contribution < 1.29 is 9.53 Å². The molecule has 0 fully saturated rings. The summed E-state index contributed by atoms with van der Waals surface area (Å²) < 4.78 is 4.84. The van der Waals surface area contributed by atoms with Crippen molar-refractivity contribution in [3.63, 3.8) is 0 Å². The minimum Gasteiger partial charge on any atom is -0.465 e. The Hall–Kier alpha value is -0.960. The molecule has 0 aliphatic heterocycles. The highest BCUT2D eigenvalue weighted by atomic mass is 32.2. The fourth-order valence-corrected chi connectivity index (χ4v) is 1.92. The number of carbonyl (C=O) groups excluding carboxylic acids is 1. The molecule has 0 saturated heterocycles. The van der Waals surface area contributed by atoms with Crippen LogP contribution in [0.5, 0.6) is 0 Å². The van der Waals surface area contributed by atoms with Crippen LogP contribution in [0.25, 0.3) is 0 Å². The maximum atomic E-state index is 11.0. The van der Waals surface area contributed by atoms with Gasteiger partial charge < -0.3 is 4.74 Å². The minimum atomic E-state index is -0.130. The summed E-state index contributed by atoms with van der Waals surface area (Å²) in [6.07, 6.45) is 0. The van der Waals surface area contributed by atoms with Gasteiger partial charge in [0.25, 0.3) is 0 Å². The van der Waals surface area contributed by atoms with E-state index in [1.165, 1.54) is 11.1 Å². The van der Waals surface area contributed by atoms with Gasteiger partial charge in [-0.05, 0) is 19.4 Å². The van der Waals surface area contributed by atoms with Crippen molar-refractivity contribution in [1.82, 2.24) is 0 Å². The molecule has 96 valence electrons. The van der Waals surface area contributed by atoms with Crippen LogP contribution in [0.3, 0.4) is 0 Å². The molecule has 0 saturated carbocycles. The molecule has 0 aliphatic rings. The summed E-state index contributed by atoms with van der Waals surface area (Å²) in [7, 11) is 0. The van der Waals surface area contributed by atoms with Crippen molar-refractivity contribution in [2.45, 2.75) is 33.4 Å². The van der Waals surface area contributed by atoms with Crippen molar-refractivity contribution >= 4 is 17.7 Å². The Morgan fingerprint density at radius 2 is 1.82 bits per heavy atom. The van der Waals surface area contributed by atoms with Crippen molar-refractivity contribution in [3.05, 3.63) is 35.4 Å². The number of aryl methyl sites for hydroxylation is 1. The van der Waals surface area contributed by atoms with Crippen molar-refractivity contribution in [3.8, 4) is 0 Å². The molecule has 0 unspecified atom stereocenters. The van der Waals surface area contributed by atoms with Gasteiger partial charge in [0.15, 0.2) is 0 Å². The Labute approximate surface area is 109 Å².